The van der Waals surface area contributed by atoms with Crippen molar-refractivity contribution in [2.45, 2.75) is 46.5 Å². The van der Waals surface area contributed by atoms with E-state index < -0.39 is 0 Å². The molecule has 0 radical (unpaired) electrons. The van der Waals surface area contributed by atoms with Gasteiger partial charge in [0.15, 0.2) is 0 Å². The molecule has 1 N–H and O–H groups in total. The Morgan fingerprint density at radius 3 is 2.50 bits per heavy atom. The van der Waals surface area contributed by atoms with Gasteiger partial charge in [0.1, 0.15) is 0 Å². The molecule has 2 nitrogen and oxygen atoms in total. The maximum absolute atomic E-state index is 3.57. The molecule has 112 valence electrons. The molecule has 0 spiro atoms. The minimum Gasteiger partial charge on any atom is -0.385 e. The van der Waals surface area contributed by atoms with Crippen molar-refractivity contribution < 1.29 is 0 Å². The predicted molar refractivity (Wildman–Crippen MR) is 89.6 cm³/mol. The summed E-state index contributed by atoms with van der Waals surface area (Å²) in [5.74, 6) is 1.62. The van der Waals surface area contributed by atoms with Crippen LogP contribution >= 0.6 is 0 Å². The average molecular weight is 274 g/mol. The van der Waals surface area contributed by atoms with Gasteiger partial charge in [0.05, 0.1) is 0 Å². The third-order valence-corrected chi connectivity index (χ3v) is 4.64. The van der Waals surface area contributed by atoms with Gasteiger partial charge in [-0.3, -0.25) is 0 Å². The number of nitrogens with one attached hydrogen (secondary N) is 1. The molecule has 0 aliphatic carbocycles. The Hall–Kier alpha value is -1.18. The van der Waals surface area contributed by atoms with Crippen LogP contribution in [-0.2, 0) is 0 Å². The number of piperidine rings is 1. The molecule has 0 aromatic heterocycles. The quantitative estimate of drug-likeness (QED) is 0.803. The predicted octanol–water partition coefficient (Wildman–Crippen LogP) is 4.77. The van der Waals surface area contributed by atoms with Crippen molar-refractivity contribution in [3.63, 3.8) is 0 Å². The SMILES string of the molecule is CCC(CC)CNc1ccc(N2CCCC(C)C2)cc1. The standard InChI is InChI=1S/C18H30N2/c1-4-16(5-2)13-19-17-8-10-18(11-9-17)20-12-6-7-15(3)14-20/h8-11,15-16,19H,4-7,12-14H2,1-3H3. The summed E-state index contributed by atoms with van der Waals surface area (Å²) in [6, 6.07) is 9.01. The van der Waals surface area contributed by atoms with Gasteiger partial charge >= 0.3 is 0 Å². The molecule has 0 amide bonds. The van der Waals surface area contributed by atoms with E-state index >= 15 is 0 Å². The molecule has 0 saturated carbocycles. The lowest BCUT2D eigenvalue weighted by Gasteiger charge is -2.32. The maximum Gasteiger partial charge on any atom is 0.0367 e. The van der Waals surface area contributed by atoms with Gasteiger partial charge in [0, 0.05) is 31.0 Å². The van der Waals surface area contributed by atoms with E-state index in [0.717, 1.165) is 18.4 Å². The van der Waals surface area contributed by atoms with Gasteiger partial charge in [0.25, 0.3) is 0 Å². The van der Waals surface area contributed by atoms with Crippen LogP contribution in [0.25, 0.3) is 0 Å². The summed E-state index contributed by atoms with van der Waals surface area (Å²) in [5, 5.41) is 3.57. The highest BCUT2D eigenvalue weighted by Crippen LogP contribution is 2.24. The summed E-state index contributed by atoms with van der Waals surface area (Å²) in [4.78, 5) is 2.53. The second kappa shape index (κ2) is 7.56. The van der Waals surface area contributed by atoms with E-state index in [4.69, 9.17) is 0 Å². The third-order valence-electron chi connectivity index (χ3n) is 4.64. The summed E-state index contributed by atoms with van der Waals surface area (Å²) in [6.07, 6.45) is 5.22. The maximum atomic E-state index is 3.57. The summed E-state index contributed by atoms with van der Waals surface area (Å²) in [7, 11) is 0. The number of hydrogen-bond acceptors (Lipinski definition) is 2. The molecule has 1 unspecified atom stereocenters. The number of hydrogen-bond donors (Lipinski definition) is 1. The number of benzene rings is 1. The highest BCUT2D eigenvalue weighted by atomic mass is 15.1. The first-order valence-corrected chi connectivity index (χ1v) is 8.31. The van der Waals surface area contributed by atoms with Crippen molar-refractivity contribution >= 4 is 11.4 Å². The zero-order valence-corrected chi connectivity index (χ0v) is 13.4. The van der Waals surface area contributed by atoms with Gasteiger partial charge in [-0.05, 0) is 48.9 Å². The largest absolute Gasteiger partial charge is 0.385 e. The lowest BCUT2D eigenvalue weighted by molar-refractivity contribution is 0.447. The first kappa shape index (κ1) is 15.2. The zero-order valence-electron chi connectivity index (χ0n) is 13.4. The highest BCUT2D eigenvalue weighted by Gasteiger charge is 2.16. The van der Waals surface area contributed by atoms with Gasteiger partial charge in [-0.2, -0.15) is 0 Å². The first-order valence-electron chi connectivity index (χ1n) is 8.31. The molecular formula is C18H30N2. The van der Waals surface area contributed by atoms with Gasteiger partial charge < -0.3 is 10.2 Å². The monoisotopic (exact) mass is 274 g/mol. The molecule has 2 heteroatoms. The number of anilines is 2. The molecule has 1 saturated heterocycles. The third kappa shape index (κ3) is 4.16. The molecule has 1 aromatic rings. The molecule has 1 fully saturated rings. The highest BCUT2D eigenvalue weighted by molar-refractivity contribution is 5.55. The van der Waals surface area contributed by atoms with E-state index in [2.05, 4.69) is 55.3 Å². The fraction of sp³-hybridized carbons (Fsp3) is 0.667. The Kier molecular flexibility index (Phi) is 5.75. The van der Waals surface area contributed by atoms with Crippen LogP contribution in [-0.4, -0.2) is 19.6 Å². The minimum absolute atomic E-state index is 0.789. The van der Waals surface area contributed by atoms with Crippen molar-refractivity contribution in [1.29, 1.82) is 0 Å². The van der Waals surface area contributed by atoms with Crippen LogP contribution in [0.15, 0.2) is 24.3 Å². The fourth-order valence-electron chi connectivity index (χ4n) is 3.05. The summed E-state index contributed by atoms with van der Waals surface area (Å²) < 4.78 is 0. The molecule has 1 aliphatic heterocycles. The Labute approximate surface area is 124 Å². The van der Waals surface area contributed by atoms with Crippen LogP contribution in [0.2, 0.25) is 0 Å². The normalized spacial score (nSPS) is 19.4. The number of nitrogens with zero attached hydrogens (tertiary/aromatic N) is 1. The van der Waals surface area contributed by atoms with Crippen molar-refractivity contribution in [3.05, 3.63) is 24.3 Å². The van der Waals surface area contributed by atoms with Crippen LogP contribution in [0.4, 0.5) is 11.4 Å². The van der Waals surface area contributed by atoms with Gasteiger partial charge in [0.2, 0.25) is 0 Å². The van der Waals surface area contributed by atoms with Crippen molar-refractivity contribution in [2.24, 2.45) is 11.8 Å². The van der Waals surface area contributed by atoms with Crippen molar-refractivity contribution in [1.82, 2.24) is 0 Å². The van der Waals surface area contributed by atoms with E-state index in [1.165, 1.54) is 50.1 Å². The molecule has 20 heavy (non-hydrogen) atoms. The molecule has 1 aromatic carbocycles. The van der Waals surface area contributed by atoms with E-state index in [1.54, 1.807) is 0 Å². The molecule has 1 aliphatic rings. The van der Waals surface area contributed by atoms with Crippen molar-refractivity contribution in [2.75, 3.05) is 29.9 Å². The lowest BCUT2D eigenvalue weighted by atomic mass is 10.00. The van der Waals surface area contributed by atoms with E-state index in [-0.39, 0.29) is 0 Å². The Morgan fingerprint density at radius 1 is 1.20 bits per heavy atom. The van der Waals surface area contributed by atoms with E-state index in [9.17, 15) is 0 Å². The van der Waals surface area contributed by atoms with Gasteiger partial charge in [-0.25, -0.2) is 0 Å². The molecule has 0 bridgehead atoms. The summed E-state index contributed by atoms with van der Waals surface area (Å²) >= 11 is 0. The first-order chi connectivity index (χ1) is 9.72. The van der Waals surface area contributed by atoms with Crippen LogP contribution in [0, 0.1) is 11.8 Å². The summed E-state index contributed by atoms with van der Waals surface area (Å²) in [6.45, 7) is 10.4. The second-order valence-electron chi connectivity index (χ2n) is 6.30. The smallest absolute Gasteiger partial charge is 0.0367 e. The Morgan fingerprint density at radius 2 is 1.90 bits per heavy atom. The van der Waals surface area contributed by atoms with Crippen LogP contribution in [0.3, 0.4) is 0 Å². The van der Waals surface area contributed by atoms with Gasteiger partial charge in [-0.1, -0.05) is 33.6 Å². The molecule has 1 heterocycles. The molecule has 2 rings (SSSR count). The Balaban J connectivity index is 1.89. The van der Waals surface area contributed by atoms with E-state index in [0.29, 0.717) is 0 Å². The number of rotatable bonds is 6. The topological polar surface area (TPSA) is 15.3 Å². The summed E-state index contributed by atoms with van der Waals surface area (Å²) in [5.41, 5.74) is 2.63. The Bertz CT molecular complexity index is 381. The van der Waals surface area contributed by atoms with Gasteiger partial charge in [-0.15, -0.1) is 0 Å². The lowest BCUT2D eigenvalue weighted by Crippen LogP contribution is -2.34. The second-order valence-corrected chi connectivity index (χ2v) is 6.30. The van der Waals surface area contributed by atoms with Crippen LogP contribution in [0.1, 0.15) is 46.5 Å². The average Bonchev–Trinajstić information content (AvgIpc) is 2.49. The van der Waals surface area contributed by atoms with Crippen molar-refractivity contribution in [3.8, 4) is 0 Å². The van der Waals surface area contributed by atoms with Crippen LogP contribution in [0.5, 0.6) is 0 Å². The fourth-order valence-corrected chi connectivity index (χ4v) is 3.05. The van der Waals surface area contributed by atoms with Crippen LogP contribution < -0.4 is 10.2 Å². The molecular weight excluding hydrogens is 244 g/mol. The minimum atomic E-state index is 0.789. The zero-order chi connectivity index (χ0) is 14.4. The van der Waals surface area contributed by atoms with E-state index in [1.807, 2.05) is 0 Å². The molecule has 1 atom stereocenters.